The fourth-order valence-corrected chi connectivity index (χ4v) is 12.2. The lowest BCUT2D eigenvalue weighted by atomic mass is 9.45. The molecule has 1 aliphatic heterocycles. The molecule has 268 valence electrons. The van der Waals surface area contributed by atoms with Gasteiger partial charge in [-0.15, -0.1) is 0 Å². The van der Waals surface area contributed by atoms with Gasteiger partial charge in [0.15, 0.2) is 5.78 Å². The third-order valence-corrected chi connectivity index (χ3v) is 14.9. The van der Waals surface area contributed by atoms with E-state index in [4.69, 9.17) is 4.74 Å². The molecule has 0 bridgehead atoms. The minimum absolute atomic E-state index is 0.0906. The maximum absolute atomic E-state index is 14.3. The predicted molar refractivity (Wildman–Crippen MR) is 178 cm³/mol. The largest absolute Gasteiger partial charge is 0.392 e. The van der Waals surface area contributed by atoms with Crippen LogP contribution in [0.5, 0.6) is 0 Å². The van der Waals surface area contributed by atoms with Gasteiger partial charge in [0.1, 0.15) is 6.10 Å². The molecule has 9 nitrogen and oxygen atoms in total. The summed E-state index contributed by atoms with van der Waals surface area (Å²) in [7, 11) is 0. The molecule has 6 aliphatic rings. The summed E-state index contributed by atoms with van der Waals surface area (Å²) in [5, 5.41) is 72.3. The SMILES string of the molecule is CCCC1CCC2OC(C(O)C(C)(O)C3CCC4(O)C5=C(NCC(C)O)C(=O)C6CC(O)C(O)CC6(C)C5CCC34C)C(C)C2CC1. The minimum atomic E-state index is -1.55. The summed E-state index contributed by atoms with van der Waals surface area (Å²) in [6.07, 6.45) is 5.06. The van der Waals surface area contributed by atoms with Crippen molar-refractivity contribution in [1.82, 2.24) is 5.32 Å². The molecule has 16 atom stereocenters. The van der Waals surface area contributed by atoms with Crippen LogP contribution in [0.15, 0.2) is 11.3 Å². The van der Waals surface area contributed by atoms with E-state index >= 15 is 0 Å². The second kappa shape index (κ2) is 12.6. The van der Waals surface area contributed by atoms with Crippen molar-refractivity contribution in [2.24, 2.45) is 46.3 Å². The van der Waals surface area contributed by atoms with Gasteiger partial charge in [-0.3, -0.25) is 4.79 Å². The monoisotopic (exact) mass is 661 g/mol. The van der Waals surface area contributed by atoms with Crippen LogP contribution in [0.3, 0.4) is 0 Å². The van der Waals surface area contributed by atoms with Crippen LogP contribution in [-0.2, 0) is 9.53 Å². The average Bonchev–Trinajstić information content (AvgIpc) is 3.38. The van der Waals surface area contributed by atoms with Crippen molar-refractivity contribution in [1.29, 1.82) is 0 Å². The number of aliphatic hydroxyl groups excluding tert-OH is 4. The van der Waals surface area contributed by atoms with E-state index in [9.17, 15) is 35.4 Å². The van der Waals surface area contributed by atoms with Gasteiger partial charge in [0.25, 0.3) is 0 Å². The van der Waals surface area contributed by atoms with Crippen molar-refractivity contribution in [3.63, 3.8) is 0 Å². The van der Waals surface area contributed by atoms with Crippen molar-refractivity contribution >= 4 is 5.78 Å². The van der Waals surface area contributed by atoms with Gasteiger partial charge < -0.3 is 40.7 Å². The third-order valence-electron chi connectivity index (χ3n) is 14.9. The Kier molecular flexibility index (Phi) is 9.59. The minimum Gasteiger partial charge on any atom is -0.392 e. The molecular weight excluding hydrogens is 598 g/mol. The van der Waals surface area contributed by atoms with E-state index in [1.54, 1.807) is 13.8 Å². The van der Waals surface area contributed by atoms with Crippen molar-refractivity contribution in [3.8, 4) is 0 Å². The second-order valence-electron chi connectivity index (χ2n) is 17.6. The molecule has 9 heteroatoms. The van der Waals surface area contributed by atoms with Crippen LogP contribution in [0.4, 0.5) is 0 Å². The van der Waals surface area contributed by atoms with Crippen molar-refractivity contribution in [2.75, 3.05) is 6.54 Å². The highest BCUT2D eigenvalue weighted by Crippen LogP contribution is 2.69. The van der Waals surface area contributed by atoms with Crippen LogP contribution in [0, 0.1) is 46.3 Å². The lowest BCUT2D eigenvalue weighted by Crippen LogP contribution is -2.65. The number of hydrogen-bond acceptors (Lipinski definition) is 9. The Morgan fingerprint density at radius 3 is 2.40 bits per heavy atom. The van der Waals surface area contributed by atoms with E-state index in [1.165, 1.54) is 19.3 Å². The van der Waals surface area contributed by atoms with Crippen molar-refractivity contribution in [3.05, 3.63) is 11.3 Å². The van der Waals surface area contributed by atoms with E-state index in [0.29, 0.717) is 42.9 Å². The van der Waals surface area contributed by atoms with Gasteiger partial charge in [-0.1, -0.05) is 47.0 Å². The molecule has 7 N–H and O–H groups in total. The van der Waals surface area contributed by atoms with Gasteiger partial charge in [0, 0.05) is 17.9 Å². The first-order chi connectivity index (χ1) is 22.0. The lowest BCUT2D eigenvalue weighted by molar-refractivity contribution is -0.198. The lowest BCUT2D eigenvalue weighted by Gasteiger charge is -2.61. The first-order valence-corrected chi connectivity index (χ1v) is 18.9. The van der Waals surface area contributed by atoms with Gasteiger partial charge in [-0.05, 0) is 112 Å². The zero-order chi connectivity index (χ0) is 34.3. The quantitative estimate of drug-likeness (QED) is 0.206. The van der Waals surface area contributed by atoms with E-state index in [1.807, 2.05) is 13.8 Å². The highest BCUT2D eigenvalue weighted by Gasteiger charge is 2.71. The number of aliphatic hydroxyl groups is 6. The Balaban J connectivity index is 1.31. The number of Topliss-reactive ketones (excluding diaryl/α,β-unsaturated/α-hetero) is 1. The highest BCUT2D eigenvalue weighted by atomic mass is 16.5. The zero-order valence-electron chi connectivity index (χ0n) is 29.6. The summed E-state index contributed by atoms with van der Waals surface area (Å²) in [5.41, 5.74) is -3.55. The van der Waals surface area contributed by atoms with Crippen molar-refractivity contribution < 1.29 is 40.2 Å². The normalized spacial score (nSPS) is 49.2. The smallest absolute Gasteiger partial charge is 0.182 e. The molecule has 1 heterocycles. The summed E-state index contributed by atoms with van der Waals surface area (Å²) in [4.78, 5) is 14.3. The van der Waals surface area contributed by atoms with Crippen LogP contribution in [-0.4, -0.2) is 90.8 Å². The molecule has 0 amide bonds. The van der Waals surface area contributed by atoms with Gasteiger partial charge in [-0.25, -0.2) is 0 Å². The molecule has 1 saturated heterocycles. The van der Waals surface area contributed by atoms with Crippen LogP contribution in [0.2, 0.25) is 0 Å². The molecule has 5 fully saturated rings. The fraction of sp³-hybridized carbons (Fsp3) is 0.921. The van der Waals surface area contributed by atoms with Crippen LogP contribution < -0.4 is 5.32 Å². The number of ketones is 1. The first kappa shape index (κ1) is 35.7. The topological polar surface area (TPSA) is 160 Å². The number of rotatable bonds is 8. The number of carbonyl (C=O) groups excluding carboxylic acids is 1. The Morgan fingerprint density at radius 2 is 1.72 bits per heavy atom. The Bertz CT molecular complexity index is 1220. The summed E-state index contributed by atoms with van der Waals surface area (Å²) in [6.45, 7) is 11.9. The maximum Gasteiger partial charge on any atom is 0.182 e. The number of fused-ring (bicyclic) bond motifs is 6. The van der Waals surface area contributed by atoms with Crippen LogP contribution in [0.1, 0.15) is 119 Å². The standard InChI is InChI=1S/C38H63NO8/c1-7-8-22-9-11-23-21(3)33(47-28(23)12-10-22)34(44)37(6,45)29-14-16-38(46)30-24(13-15-36(29,38)5)35(4)18-27(42)26(41)17-25(35)32(43)31(30)39-19-20(2)40/h20-29,33-34,39-42,44-46H,7-19H2,1-6H3. The molecule has 0 spiro atoms. The molecular formula is C38H63NO8. The fourth-order valence-electron chi connectivity index (χ4n) is 12.2. The first-order valence-electron chi connectivity index (χ1n) is 18.9. The van der Waals surface area contributed by atoms with Gasteiger partial charge in [-0.2, -0.15) is 0 Å². The summed E-state index contributed by atoms with van der Waals surface area (Å²) in [6, 6.07) is 0. The zero-order valence-corrected chi connectivity index (χ0v) is 29.6. The van der Waals surface area contributed by atoms with Crippen LogP contribution in [0.25, 0.3) is 0 Å². The molecule has 47 heavy (non-hydrogen) atoms. The highest BCUT2D eigenvalue weighted by molar-refractivity contribution is 5.99. The van der Waals surface area contributed by atoms with Gasteiger partial charge in [0.05, 0.1) is 47.4 Å². The maximum atomic E-state index is 14.3. The Morgan fingerprint density at radius 1 is 1.02 bits per heavy atom. The van der Waals surface area contributed by atoms with E-state index in [0.717, 1.165) is 25.2 Å². The number of hydrogen-bond donors (Lipinski definition) is 7. The molecule has 16 unspecified atom stereocenters. The van der Waals surface area contributed by atoms with Crippen LogP contribution >= 0.6 is 0 Å². The third kappa shape index (κ3) is 5.48. The summed E-state index contributed by atoms with van der Waals surface area (Å²) < 4.78 is 6.64. The molecule has 5 aliphatic carbocycles. The second-order valence-corrected chi connectivity index (χ2v) is 17.6. The number of carbonyl (C=O) groups is 1. The number of nitrogens with one attached hydrogen (secondary N) is 1. The average molecular weight is 662 g/mol. The molecule has 4 saturated carbocycles. The predicted octanol–water partition coefficient (Wildman–Crippen LogP) is 3.61. The summed E-state index contributed by atoms with van der Waals surface area (Å²) >= 11 is 0. The van der Waals surface area contributed by atoms with Gasteiger partial charge >= 0.3 is 0 Å². The summed E-state index contributed by atoms with van der Waals surface area (Å²) in [5.74, 6) is -0.199. The van der Waals surface area contributed by atoms with E-state index < -0.39 is 64.4 Å². The van der Waals surface area contributed by atoms with E-state index in [-0.39, 0.29) is 43.1 Å². The molecule has 6 rings (SSSR count). The number of allylic oxidation sites excluding steroid dienone is 1. The van der Waals surface area contributed by atoms with E-state index in [2.05, 4.69) is 19.2 Å². The Labute approximate surface area is 281 Å². The number of ether oxygens (including phenoxy) is 1. The molecule has 0 radical (unpaired) electrons. The molecule has 0 aromatic heterocycles. The van der Waals surface area contributed by atoms with Crippen molar-refractivity contribution in [2.45, 2.75) is 166 Å². The van der Waals surface area contributed by atoms with Gasteiger partial charge in [0.2, 0.25) is 0 Å². The Hall–Kier alpha value is -1.07. The molecule has 0 aromatic rings. The molecule has 0 aromatic carbocycles.